The van der Waals surface area contributed by atoms with E-state index in [0.29, 0.717) is 18.0 Å². The first kappa shape index (κ1) is 26.0. The molecule has 5 nitrogen and oxygen atoms in total. The zero-order valence-electron chi connectivity index (χ0n) is 20.6. The molecule has 0 radical (unpaired) electrons. The monoisotopic (exact) mass is 439 g/mol. The van der Waals surface area contributed by atoms with Gasteiger partial charge in [-0.05, 0) is 71.5 Å². The molecular weight excluding hydrogens is 398 g/mol. The van der Waals surface area contributed by atoms with E-state index in [4.69, 9.17) is 4.99 Å². The highest BCUT2D eigenvalue weighted by atomic mass is 16.1. The van der Waals surface area contributed by atoms with Crippen molar-refractivity contribution in [2.45, 2.75) is 85.6 Å². The van der Waals surface area contributed by atoms with Crippen LogP contribution in [0.4, 0.5) is 0 Å². The first-order chi connectivity index (χ1) is 15.3. The van der Waals surface area contributed by atoms with Crippen molar-refractivity contribution in [1.29, 1.82) is 0 Å². The molecule has 0 bridgehead atoms. The lowest BCUT2D eigenvalue weighted by Crippen LogP contribution is -2.33. The number of ketones is 2. The number of benzene rings is 1. The fourth-order valence-electron chi connectivity index (χ4n) is 4.17. The Morgan fingerprint density at radius 2 is 1.75 bits per heavy atom. The second-order valence-corrected chi connectivity index (χ2v) is 8.96. The van der Waals surface area contributed by atoms with Gasteiger partial charge in [0.2, 0.25) is 0 Å². The number of carbonyl (C=O) groups is 2. The normalized spacial score (nSPS) is 17.0. The number of piperidine rings is 1. The number of allylic oxidation sites excluding steroid dienone is 2. The molecule has 2 N–H and O–H groups in total. The minimum Gasteiger partial charge on any atom is -0.347 e. The second-order valence-electron chi connectivity index (χ2n) is 8.96. The zero-order chi connectivity index (χ0) is 23.5. The van der Waals surface area contributed by atoms with E-state index < -0.39 is 5.92 Å². The van der Waals surface area contributed by atoms with Crippen LogP contribution in [0.15, 0.2) is 40.5 Å². The van der Waals surface area contributed by atoms with Crippen LogP contribution in [0.5, 0.6) is 0 Å². The lowest BCUT2D eigenvalue weighted by atomic mass is 9.91. The number of rotatable bonds is 11. The highest BCUT2D eigenvalue weighted by Gasteiger charge is 2.24. The topological polar surface area (TPSA) is 70.6 Å². The van der Waals surface area contributed by atoms with E-state index in [1.54, 1.807) is 0 Å². The number of nitrogens with zero attached hydrogens (tertiary/aromatic N) is 1. The summed E-state index contributed by atoms with van der Waals surface area (Å²) in [7, 11) is 0. The van der Waals surface area contributed by atoms with Gasteiger partial charge in [0.05, 0.1) is 12.0 Å². The van der Waals surface area contributed by atoms with Gasteiger partial charge >= 0.3 is 0 Å². The zero-order valence-corrected chi connectivity index (χ0v) is 20.6. The Morgan fingerprint density at radius 3 is 2.31 bits per heavy atom. The Kier molecular flexibility index (Phi) is 10.8. The molecular formula is C27H41N3O2. The van der Waals surface area contributed by atoms with Crippen molar-refractivity contribution < 1.29 is 9.59 Å². The molecule has 0 amide bonds. The Bertz CT molecular complexity index is 818. The third kappa shape index (κ3) is 8.01. The maximum atomic E-state index is 13.0. The van der Waals surface area contributed by atoms with Crippen LogP contribution in [0.1, 0.15) is 77.3 Å². The number of nitrogens with one attached hydrogen (secondary N) is 2. The highest BCUT2D eigenvalue weighted by Crippen LogP contribution is 2.18. The number of amidine groups is 1. The Balaban J connectivity index is 2.27. The van der Waals surface area contributed by atoms with Crippen molar-refractivity contribution in [1.82, 2.24) is 10.6 Å². The number of carbonyl (C=O) groups excluding carboxylic acids is 2. The third-order valence-corrected chi connectivity index (χ3v) is 6.25. The van der Waals surface area contributed by atoms with Gasteiger partial charge in [-0.25, -0.2) is 0 Å². The molecule has 5 heteroatoms. The standard InChI is InChI=1S/C27H41N3O2/c1-6-8-25(20(4)27(32)24(7-2)21(5)31)30-26(29-23-15-17-28-18-16-23)14-13-22-11-9-19(3)10-12-22/h9-12,23-24,28H,6-8,13-18H2,1-5H3,(H,29,30)/b25-20+. The Hall–Kier alpha value is -2.27. The van der Waals surface area contributed by atoms with E-state index in [-0.39, 0.29) is 11.6 Å². The van der Waals surface area contributed by atoms with Crippen LogP contribution >= 0.6 is 0 Å². The average Bonchev–Trinajstić information content (AvgIpc) is 2.78. The molecule has 32 heavy (non-hydrogen) atoms. The maximum Gasteiger partial charge on any atom is 0.170 e. The summed E-state index contributed by atoms with van der Waals surface area (Å²) in [6, 6.07) is 8.94. The van der Waals surface area contributed by atoms with E-state index in [2.05, 4.69) is 48.7 Å². The molecule has 0 aliphatic carbocycles. The number of Topliss-reactive ketones (excluding diaryl/α,β-unsaturated/α-hetero) is 2. The van der Waals surface area contributed by atoms with Gasteiger partial charge in [-0.3, -0.25) is 14.6 Å². The largest absolute Gasteiger partial charge is 0.347 e. The van der Waals surface area contributed by atoms with Crippen LogP contribution in [0.3, 0.4) is 0 Å². The molecule has 0 saturated carbocycles. The van der Waals surface area contributed by atoms with Crippen molar-refractivity contribution in [3.63, 3.8) is 0 Å². The summed E-state index contributed by atoms with van der Waals surface area (Å²) in [5.74, 6) is 0.274. The fraction of sp³-hybridized carbons (Fsp3) is 0.593. The smallest absolute Gasteiger partial charge is 0.170 e. The van der Waals surface area contributed by atoms with E-state index in [1.807, 2.05) is 13.8 Å². The number of aryl methyl sites for hydroxylation is 2. The molecule has 1 aliphatic rings. The lowest BCUT2D eigenvalue weighted by molar-refractivity contribution is -0.129. The van der Waals surface area contributed by atoms with Crippen LogP contribution in [-0.4, -0.2) is 36.5 Å². The van der Waals surface area contributed by atoms with Crippen molar-refractivity contribution in [2.24, 2.45) is 10.9 Å². The predicted molar refractivity (Wildman–Crippen MR) is 133 cm³/mol. The summed E-state index contributed by atoms with van der Waals surface area (Å²) in [5, 5.41) is 6.96. The van der Waals surface area contributed by atoms with Crippen LogP contribution in [0, 0.1) is 12.8 Å². The summed E-state index contributed by atoms with van der Waals surface area (Å²) in [6.07, 6.45) is 5.98. The number of hydrogen-bond acceptors (Lipinski definition) is 4. The molecule has 1 aromatic rings. The van der Waals surface area contributed by atoms with Gasteiger partial charge in [-0.2, -0.15) is 0 Å². The molecule has 2 rings (SSSR count). The third-order valence-electron chi connectivity index (χ3n) is 6.25. The van der Waals surface area contributed by atoms with Crippen molar-refractivity contribution >= 4 is 17.4 Å². The van der Waals surface area contributed by atoms with E-state index in [1.165, 1.54) is 18.1 Å². The molecule has 0 aromatic heterocycles. The first-order valence-electron chi connectivity index (χ1n) is 12.2. The Morgan fingerprint density at radius 1 is 1.09 bits per heavy atom. The number of aliphatic imine (C=N–C) groups is 1. The summed E-state index contributed by atoms with van der Waals surface area (Å²) in [6.45, 7) is 11.5. The van der Waals surface area contributed by atoms with Crippen LogP contribution in [0.2, 0.25) is 0 Å². The molecule has 1 atom stereocenters. The molecule has 176 valence electrons. The van der Waals surface area contributed by atoms with Crippen LogP contribution in [0.25, 0.3) is 0 Å². The van der Waals surface area contributed by atoms with Crippen LogP contribution < -0.4 is 10.6 Å². The van der Waals surface area contributed by atoms with E-state index in [0.717, 1.165) is 63.1 Å². The predicted octanol–water partition coefficient (Wildman–Crippen LogP) is 4.93. The molecule has 1 unspecified atom stereocenters. The summed E-state index contributed by atoms with van der Waals surface area (Å²) in [4.78, 5) is 30.1. The van der Waals surface area contributed by atoms with E-state index in [9.17, 15) is 9.59 Å². The highest BCUT2D eigenvalue weighted by molar-refractivity contribution is 6.09. The summed E-state index contributed by atoms with van der Waals surface area (Å²) in [5.41, 5.74) is 4.12. The molecule has 1 fully saturated rings. The first-order valence-corrected chi connectivity index (χ1v) is 12.2. The van der Waals surface area contributed by atoms with Gasteiger partial charge in [-0.15, -0.1) is 0 Å². The van der Waals surface area contributed by atoms with Gasteiger partial charge in [0.1, 0.15) is 11.6 Å². The van der Waals surface area contributed by atoms with Gasteiger partial charge < -0.3 is 10.6 Å². The average molecular weight is 440 g/mol. The second kappa shape index (κ2) is 13.3. The minimum atomic E-state index is -0.555. The molecule has 1 aliphatic heterocycles. The van der Waals surface area contributed by atoms with Gasteiger partial charge in [0.15, 0.2) is 5.78 Å². The Labute approximate surface area is 194 Å². The number of hydrogen-bond donors (Lipinski definition) is 2. The van der Waals surface area contributed by atoms with E-state index >= 15 is 0 Å². The van der Waals surface area contributed by atoms with Gasteiger partial charge in [0.25, 0.3) is 0 Å². The lowest BCUT2D eigenvalue weighted by Gasteiger charge is -2.23. The van der Waals surface area contributed by atoms with Crippen molar-refractivity contribution in [2.75, 3.05) is 13.1 Å². The molecule has 1 saturated heterocycles. The molecule has 0 spiro atoms. The molecule has 1 heterocycles. The maximum absolute atomic E-state index is 13.0. The fourth-order valence-corrected chi connectivity index (χ4v) is 4.17. The SMILES string of the molecule is CCC/C(NC(CCc1ccc(C)cc1)=NC1CCNCC1)=C(/C)C(=O)C(CC)C(C)=O. The molecule has 1 aromatic carbocycles. The van der Waals surface area contributed by atoms with Gasteiger partial charge in [-0.1, -0.05) is 50.1 Å². The summed E-state index contributed by atoms with van der Waals surface area (Å²) < 4.78 is 0. The van der Waals surface area contributed by atoms with Crippen molar-refractivity contribution in [3.8, 4) is 0 Å². The minimum absolute atomic E-state index is 0.0595. The van der Waals surface area contributed by atoms with Gasteiger partial charge in [0, 0.05) is 17.7 Å². The summed E-state index contributed by atoms with van der Waals surface area (Å²) >= 11 is 0. The quantitative estimate of drug-likeness (QED) is 0.222. The van der Waals surface area contributed by atoms with Crippen LogP contribution in [-0.2, 0) is 16.0 Å². The van der Waals surface area contributed by atoms with Crippen molar-refractivity contribution in [3.05, 3.63) is 46.7 Å².